The number of aromatic nitrogens is 4. The van der Waals surface area contributed by atoms with E-state index in [4.69, 9.17) is 10.7 Å². The molecule has 1 aromatic carbocycles. The molecular formula is C26H24N6O2. The predicted octanol–water partition coefficient (Wildman–Crippen LogP) is 4.66. The van der Waals surface area contributed by atoms with Gasteiger partial charge in [0.15, 0.2) is 5.65 Å². The molecule has 3 heterocycles. The number of benzene rings is 1. The minimum Gasteiger partial charge on any atom is -0.481 e. The smallest absolute Gasteiger partial charge is 0.309 e. The van der Waals surface area contributed by atoms with E-state index >= 15 is 0 Å². The number of pyridine rings is 1. The Morgan fingerprint density at radius 3 is 2.50 bits per heavy atom. The van der Waals surface area contributed by atoms with E-state index in [1.165, 1.54) is 4.52 Å². The van der Waals surface area contributed by atoms with E-state index in [9.17, 15) is 15.2 Å². The molecule has 170 valence electrons. The average molecular weight is 453 g/mol. The van der Waals surface area contributed by atoms with Gasteiger partial charge in [0, 0.05) is 28.8 Å². The normalized spacial score (nSPS) is 20.2. The van der Waals surface area contributed by atoms with Crippen molar-refractivity contribution in [2.45, 2.75) is 38.5 Å². The van der Waals surface area contributed by atoms with Crippen molar-refractivity contribution in [3.63, 3.8) is 0 Å². The quantitative estimate of drug-likeness (QED) is 0.460. The number of anilines is 1. The highest BCUT2D eigenvalue weighted by atomic mass is 16.4. The maximum atomic E-state index is 11.6. The van der Waals surface area contributed by atoms with Gasteiger partial charge in [0.05, 0.1) is 23.0 Å². The first-order valence-corrected chi connectivity index (χ1v) is 11.2. The highest BCUT2D eigenvalue weighted by molar-refractivity contribution is 5.79. The second-order valence-electron chi connectivity index (χ2n) is 9.10. The van der Waals surface area contributed by atoms with Crippen LogP contribution in [0.3, 0.4) is 0 Å². The third kappa shape index (κ3) is 3.55. The molecule has 0 aliphatic heterocycles. The number of carbonyl (C=O) groups is 1. The molecule has 8 heteroatoms. The first kappa shape index (κ1) is 21.6. The van der Waals surface area contributed by atoms with Gasteiger partial charge in [-0.1, -0.05) is 36.4 Å². The molecule has 0 atom stereocenters. The minimum atomic E-state index is -0.779. The molecule has 1 aliphatic rings. The minimum absolute atomic E-state index is 0.0318. The molecular weight excluding hydrogens is 428 g/mol. The SMILES string of the molecule is CC1(C(=O)O)CCC(c2nc3c(-c4ccc(-c5ccccc5)nc4)cnn3c(N)c2C#N)CC1. The summed E-state index contributed by atoms with van der Waals surface area (Å²) in [6.07, 6.45) is 5.80. The molecule has 0 unspecified atom stereocenters. The van der Waals surface area contributed by atoms with E-state index in [0.717, 1.165) is 22.4 Å². The summed E-state index contributed by atoms with van der Waals surface area (Å²) in [5.74, 6) is -0.566. The van der Waals surface area contributed by atoms with Crippen LogP contribution in [0.1, 0.15) is 49.8 Å². The largest absolute Gasteiger partial charge is 0.481 e. The Kier molecular flexibility index (Phi) is 5.25. The molecule has 34 heavy (non-hydrogen) atoms. The number of nitrogen functional groups attached to an aromatic ring is 1. The van der Waals surface area contributed by atoms with Gasteiger partial charge in [-0.3, -0.25) is 9.78 Å². The number of rotatable bonds is 4. The summed E-state index contributed by atoms with van der Waals surface area (Å²) in [6.45, 7) is 1.78. The van der Waals surface area contributed by atoms with Crippen molar-refractivity contribution in [1.29, 1.82) is 5.26 Å². The van der Waals surface area contributed by atoms with Crippen molar-refractivity contribution < 1.29 is 9.90 Å². The highest BCUT2D eigenvalue weighted by Crippen LogP contribution is 2.44. The molecule has 5 rings (SSSR count). The lowest BCUT2D eigenvalue weighted by Gasteiger charge is -2.34. The third-order valence-corrected chi connectivity index (χ3v) is 6.96. The fraction of sp³-hybridized carbons (Fsp3) is 0.269. The van der Waals surface area contributed by atoms with Crippen LogP contribution in [-0.4, -0.2) is 30.7 Å². The van der Waals surface area contributed by atoms with Crippen LogP contribution in [0.2, 0.25) is 0 Å². The van der Waals surface area contributed by atoms with Gasteiger partial charge >= 0.3 is 5.97 Å². The molecule has 0 amide bonds. The molecule has 3 aromatic heterocycles. The number of carboxylic acids is 1. The van der Waals surface area contributed by atoms with E-state index in [2.05, 4.69) is 16.2 Å². The van der Waals surface area contributed by atoms with Gasteiger partial charge in [0.25, 0.3) is 0 Å². The molecule has 1 saturated carbocycles. The molecule has 8 nitrogen and oxygen atoms in total. The maximum absolute atomic E-state index is 11.6. The van der Waals surface area contributed by atoms with Crippen LogP contribution < -0.4 is 5.73 Å². The summed E-state index contributed by atoms with van der Waals surface area (Å²) in [4.78, 5) is 21.1. The molecule has 0 bridgehead atoms. The second-order valence-corrected chi connectivity index (χ2v) is 9.10. The molecule has 4 aromatic rings. The molecule has 0 radical (unpaired) electrons. The Hall–Kier alpha value is -4.25. The van der Waals surface area contributed by atoms with Crippen LogP contribution >= 0.6 is 0 Å². The number of fused-ring (bicyclic) bond motifs is 1. The Balaban J connectivity index is 1.54. The summed E-state index contributed by atoms with van der Waals surface area (Å²) >= 11 is 0. The zero-order chi connectivity index (χ0) is 23.9. The van der Waals surface area contributed by atoms with E-state index < -0.39 is 11.4 Å². The van der Waals surface area contributed by atoms with Crippen LogP contribution in [-0.2, 0) is 4.79 Å². The number of nitrogens with two attached hydrogens (primary N) is 1. The molecule has 3 N–H and O–H groups in total. The summed E-state index contributed by atoms with van der Waals surface area (Å²) in [7, 11) is 0. The van der Waals surface area contributed by atoms with Crippen molar-refractivity contribution in [2.75, 3.05) is 5.73 Å². The summed E-state index contributed by atoms with van der Waals surface area (Å²) in [6, 6.07) is 16.1. The van der Waals surface area contributed by atoms with E-state index in [1.54, 1.807) is 19.3 Å². The molecule has 0 spiro atoms. The van der Waals surface area contributed by atoms with Gasteiger partial charge in [0.1, 0.15) is 17.5 Å². The van der Waals surface area contributed by atoms with Gasteiger partial charge in [0.2, 0.25) is 0 Å². The zero-order valence-corrected chi connectivity index (χ0v) is 18.8. The van der Waals surface area contributed by atoms with Crippen LogP contribution in [0, 0.1) is 16.7 Å². The fourth-order valence-electron chi connectivity index (χ4n) is 4.72. The Bertz CT molecular complexity index is 1410. The topological polar surface area (TPSA) is 130 Å². The van der Waals surface area contributed by atoms with Crippen molar-refractivity contribution in [3.8, 4) is 28.5 Å². The van der Waals surface area contributed by atoms with Gasteiger partial charge in [-0.2, -0.15) is 14.9 Å². The van der Waals surface area contributed by atoms with Gasteiger partial charge in [-0.15, -0.1) is 0 Å². The first-order valence-electron chi connectivity index (χ1n) is 11.2. The van der Waals surface area contributed by atoms with Crippen molar-refractivity contribution >= 4 is 17.4 Å². The number of carboxylic acid groups (broad SMARTS) is 1. The highest BCUT2D eigenvalue weighted by Gasteiger charge is 2.39. The van der Waals surface area contributed by atoms with E-state index in [1.807, 2.05) is 42.5 Å². The van der Waals surface area contributed by atoms with Crippen molar-refractivity contribution in [1.82, 2.24) is 19.6 Å². The van der Waals surface area contributed by atoms with Crippen molar-refractivity contribution in [2.24, 2.45) is 5.41 Å². The summed E-state index contributed by atoms with van der Waals surface area (Å²) in [5, 5.41) is 23.8. The Morgan fingerprint density at radius 1 is 1.15 bits per heavy atom. The van der Waals surface area contributed by atoms with Gasteiger partial charge in [-0.25, -0.2) is 4.98 Å². The maximum Gasteiger partial charge on any atom is 0.309 e. The second kappa shape index (κ2) is 8.27. The molecule has 1 aliphatic carbocycles. The lowest BCUT2D eigenvalue weighted by Crippen LogP contribution is -2.32. The van der Waals surface area contributed by atoms with Crippen LogP contribution in [0.25, 0.3) is 28.0 Å². The molecule has 0 saturated heterocycles. The number of hydrogen-bond donors (Lipinski definition) is 2. The Morgan fingerprint density at radius 2 is 1.88 bits per heavy atom. The summed E-state index contributed by atoms with van der Waals surface area (Å²) < 4.78 is 1.49. The predicted molar refractivity (Wildman–Crippen MR) is 128 cm³/mol. The van der Waals surface area contributed by atoms with Crippen molar-refractivity contribution in [3.05, 3.63) is 66.1 Å². The van der Waals surface area contributed by atoms with E-state index in [-0.39, 0.29) is 11.7 Å². The standard InChI is InChI=1S/C26H24N6O2/c1-26(25(33)34)11-9-17(10-12-26)22-19(13-27)23(28)32-24(31-22)20(15-30-32)18-7-8-21(29-14-18)16-5-3-2-4-6-16/h2-8,14-15,17H,9-12,28H2,1H3,(H,33,34). The third-order valence-electron chi connectivity index (χ3n) is 6.96. The van der Waals surface area contributed by atoms with Crippen LogP contribution in [0.5, 0.6) is 0 Å². The lowest BCUT2D eigenvalue weighted by atomic mass is 9.70. The monoisotopic (exact) mass is 452 g/mol. The van der Waals surface area contributed by atoms with E-state index in [0.29, 0.717) is 42.6 Å². The zero-order valence-electron chi connectivity index (χ0n) is 18.8. The number of aliphatic carboxylic acids is 1. The van der Waals surface area contributed by atoms with Gasteiger partial charge in [-0.05, 0) is 38.7 Å². The number of hydrogen-bond acceptors (Lipinski definition) is 6. The average Bonchev–Trinajstić information content (AvgIpc) is 3.29. The van der Waals surface area contributed by atoms with Gasteiger partial charge < -0.3 is 10.8 Å². The summed E-state index contributed by atoms with van der Waals surface area (Å²) in [5.41, 5.74) is 10.6. The lowest BCUT2D eigenvalue weighted by molar-refractivity contribution is -0.149. The number of nitriles is 1. The fourth-order valence-corrected chi connectivity index (χ4v) is 4.72. The molecule has 1 fully saturated rings. The first-order chi connectivity index (χ1) is 16.4. The van der Waals surface area contributed by atoms with Crippen LogP contribution in [0.4, 0.5) is 5.82 Å². The Labute approximate surface area is 196 Å². The van der Waals surface area contributed by atoms with Crippen LogP contribution in [0.15, 0.2) is 54.9 Å². The number of nitrogens with zero attached hydrogens (tertiary/aromatic N) is 5.